The molecule has 0 fully saturated rings. The maximum Gasteiger partial charge on any atom is 0.340 e. The Morgan fingerprint density at radius 2 is 1.71 bits per heavy atom. The van der Waals surface area contributed by atoms with Gasteiger partial charge in [0.2, 0.25) is 5.91 Å². The van der Waals surface area contributed by atoms with Crippen LogP contribution in [0.15, 0.2) is 0 Å². The topological polar surface area (TPSA) is 72.6 Å². The second-order valence-corrected chi connectivity index (χ2v) is 7.30. The summed E-state index contributed by atoms with van der Waals surface area (Å²) in [4.78, 5) is 25.6. The summed E-state index contributed by atoms with van der Waals surface area (Å²) in [7, 11) is 0. The summed E-state index contributed by atoms with van der Waals surface area (Å²) in [6.07, 6.45) is 0. The molecule has 0 aliphatic carbocycles. The van der Waals surface area contributed by atoms with E-state index in [-0.39, 0.29) is 12.5 Å². The highest BCUT2D eigenvalue weighted by atomic mass is 127. The lowest BCUT2D eigenvalue weighted by Crippen LogP contribution is -2.31. The van der Waals surface area contributed by atoms with Crippen molar-refractivity contribution >= 4 is 91.0 Å². The number of carbonyl (C=O) groups excluding carboxylic acids is 2. The molecule has 0 saturated heterocycles. The Kier molecular flexibility index (Phi) is 7.43. The molecule has 5 nitrogen and oxygen atoms in total. The van der Waals surface area contributed by atoms with Gasteiger partial charge in [-0.2, -0.15) is 0 Å². The van der Waals surface area contributed by atoms with Gasteiger partial charge < -0.3 is 15.4 Å². The highest BCUT2D eigenvalue weighted by molar-refractivity contribution is 14.1. The number of hydrogen-bond donors (Lipinski definition) is 1. The number of rotatable bonds is 4. The Labute approximate surface area is 164 Å². The van der Waals surface area contributed by atoms with Crippen LogP contribution in [-0.4, -0.2) is 25.0 Å². The first-order valence-electron chi connectivity index (χ1n) is 6.18. The molecule has 0 radical (unpaired) electrons. The van der Waals surface area contributed by atoms with Gasteiger partial charge in [0.25, 0.3) is 0 Å². The number of carbonyl (C=O) groups is 2. The molecule has 0 unspecified atom stereocenters. The van der Waals surface area contributed by atoms with Gasteiger partial charge in [0.05, 0.1) is 34.3 Å². The van der Waals surface area contributed by atoms with E-state index >= 15 is 0 Å². The van der Waals surface area contributed by atoms with Gasteiger partial charge in [0, 0.05) is 13.5 Å². The molecule has 0 atom stereocenters. The fourth-order valence-electron chi connectivity index (χ4n) is 1.83. The molecular formula is C13H15I3N2O3. The molecular weight excluding hydrogens is 613 g/mol. The van der Waals surface area contributed by atoms with E-state index in [2.05, 4.69) is 45.2 Å². The lowest BCUT2D eigenvalue weighted by Gasteiger charge is -2.25. The molecule has 8 heteroatoms. The summed E-state index contributed by atoms with van der Waals surface area (Å²) in [5, 5.41) is 0. The average molecular weight is 628 g/mol. The number of anilines is 2. The Bertz CT molecular complexity index is 591. The number of nitrogens with zero attached hydrogens (tertiary/aromatic N) is 1. The molecule has 1 aromatic rings. The summed E-state index contributed by atoms with van der Waals surface area (Å²) >= 11 is 6.23. The molecule has 2 N–H and O–H groups in total. The molecule has 0 heterocycles. The predicted octanol–water partition coefficient (Wildman–Crippen LogP) is 3.63. The number of halogens is 3. The van der Waals surface area contributed by atoms with Crippen LogP contribution in [0.2, 0.25) is 0 Å². The first-order chi connectivity index (χ1) is 9.77. The second kappa shape index (κ2) is 8.13. The maximum atomic E-state index is 12.2. The van der Waals surface area contributed by atoms with Crippen molar-refractivity contribution in [2.24, 2.45) is 0 Å². The molecule has 1 rings (SSSR count). The van der Waals surface area contributed by atoms with Gasteiger partial charge in [-0.1, -0.05) is 0 Å². The van der Waals surface area contributed by atoms with E-state index in [1.807, 2.05) is 29.5 Å². The lowest BCUT2D eigenvalue weighted by molar-refractivity contribution is -0.116. The van der Waals surface area contributed by atoms with Crippen molar-refractivity contribution in [3.05, 3.63) is 16.3 Å². The van der Waals surface area contributed by atoms with Crippen LogP contribution < -0.4 is 10.6 Å². The smallest absolute Gasteiger partial charge is 0.340 e. The third-order valence-electron chi connectivity index (χ3n) is 2.77. The SMILES string of the molecule is CCOC(=O)c1c(I)c(N)c(I)c(N(CC)C(C)=O)c1I. The first kappa shape index (κ1) is 19.2. The molecule has 116 valence electrons. The molecule has 0 bridgehead atoms. The minimum atomic E-state index is -0.421. The number of esters is 1. The van der Waals surface area contributed by atoms with Gasteiger partial charge in [-0.15, -0.1) is 0 Å². The van der Waals surface area contributed by atoms with E-state index < -0.39 is 5.97 Å². The first-order valence-corrected chi connectivity index (χ1v) is 9.42. The molecule has 0 spiro atoms. The number of nitrogen functional groups attached to an aromatic ring is 1. The summed E-state index contributed by atoms with van der Waals surface area (Å²) in [6, 6.07) is 0. The van der Waals surface area contributed by atoms with Crippen LogP contribution in [0.5, 0.6) is 0 Å². The number of hydrogen-bond acceptors (Lipinski definition) is 4. The third kappa shape index (κ3) is 3.92. The van der Waals surface area contributed by atoms with E-state index in [1.165, 1.54) is 6.92 Å². The fourth-order valence-corrected chi connectivity index (χ4v) is 6.02. The Morgan fingerprint density at radius 1 is 1.14 bits per heavy atom. The van der Waals surface area contributed by atoms with Gasteiger partial charge in [-0.25, -0.2) is 4.79 Å². The zero-order valence-corrected chi connectivity index (χ0v) is 18.3. The zero-order chi connectivity index (χ0) is 16.3. The Hall–Kier alpha value is 0.150. The van der Waals surface area contributed by atoms with Crippen molar-refractivity contribution in [2.45, 2.75) is 20.8 Å². The van der Waals surface area contributed by atoms with Crippen LogP contribution in [0.3, 0.4) is 0 Å². The maximum absolute atomic E-state index is 12.2. The van der Waals surface area contributed by atoms with Gasteiger partial charge in [0.1, 0.15) is 0 Å². The standard InChI is InChI=1S/C13H15I3N2O3/c1-4-18(6(3)19)12-9(15)7(13(20)21-5-2)8(14)11(17)10(12)16/h4-5,17H2,1-3H3. The van der Waals surface area contributed by atoms with Crippen molar-refractivity contribution in [1.29, 1.82) is 0 Å². The van der Waals surface area contributed by atoms with Crippen molar-refractivity contribution < 1.29 is 14.3 Å². The van der Waals surface area contributed by atoms with Gasteiger partial charge >= 0.3 is 5.97 Å². The largest absolute Gasteiger partial charge is 0.462 e. The average Bonchev–Trinajstić information content (AvgIpc) is 2.41. The van der Waals surface area contributed by atoms with Crippen molar-refractivity contribution in [3.63, 3.8) is 0 Å². The summed E-state index contributed by atoms with van der Waals surface area (Å²) in [5.74, 6) is -0.515. The molecule has 21 heavy (non-hydrogen) atoms. The summed E-state index contributed by atoms with van der Waals surface area (Å²) in [6.45, 7) is 5.92. The molecule has 0 aliphatic rings. The minimum Gasteiger partial charge on any atom is -0.462 e. The number of nitrogens with two attached hydrogens (primary N) is 1. The molecule has 0 saturated carbocycles. The normalized spacial score (nSPS) is 10.4. The monoisotopic (exact) mass is 628 g/mol. The molecule has 0 aromatic heterocycles. The summed E-state index contributed by atoms with van der Waals surface area (Å²) < 4.78 is 7.22. The summed E-state index contributed by atoms with van der Waals surface area (Å²) in [5.41, 5.74) is 7.70. The van der Waals surface area contributed by atoms with Crippen LogP contribution in [0, 0.1) is 10.7 Å². The van der Waals surface area contributed by atoms with E-state index in [4.69, 9.17) is 10.5 Å². The molecule has 1 amide bonds. The van der Waals surface area contributed by atoms with Crippen LogP contribution in [0.1, 0.15) is 31.1 Å². The Morgan fingerprint density at radius 3 is 2.14 bits per heavy atom. The van der Waals surface area contributed by atoms with Crippen LogP contribution >= 0.6 is 67.8 Å². The molecule has 1 aromatic carbocycles. The highest BCUT2D eigenvalue weighted by Crippen LogP contribution is 2.39. The van der Waals surface area contributed by atoms with E-state index in [1.54, 1.807) is 11.8 Å². The number of ether oxygens (including phenoxy) is 1. The minimum absolute atomic E-state index is 0.0938. The van der Waals surface area contributed by atoms with Gasteiger partial charge in [-0.3, -0.25) is 4.79 Å². The van der Waals surface area contributed by atoms with E-state index in [0.29, 0.717) is 30.6 Å². The van der Waals surface area contributed by atoms with Gasteiger partial charge in [-0.05, 0) is 81.6 Å². The third-order valence-corrected chi connectivity index (χ3v) is 6.04. The van der Waals surface area contributed by atoms with Gasteiger partial charge in [0.15, 0.2) is 0 Å². The van der Waals surface area contributed by atoms with Crippen LogP contribution in [0.4, 0.5) is 11.4 Å². The van der Waals surface area contributed by atoms with Crippen LogP contribution in [0.25, 0.3) is 0 Å². The highest BCUT2D eigenvalue weighted by Gasteiger charge is 2.27. The van der Waals surface area contributed by atoms with Crippen molar-refractivity contribution in [2.75, 3.05) is 23.8 Å². The molecule has 0 aliphatic heterocycles. The second-order valence-electron chi connectivity index (χ2n) is 4.06. The zero-order valence-electron chi connectivity index (χ0n) is 11.8. The van der Waals surface area contributed by atoms with Crippen molar-refractivity contribution in [3.8, 4) is 0 Å². The predicted molar refractivity (Wildman–Crippen MR) is 109 cm³/mol. The van der Waals surface area contributed by atoms with E-state index in [9.17, 15) is 9.59 Å². The Balaban J connectivity index is 3.66. The van der Waals surface area contributed by atoms with Crippen molar-refractivity contribution in [1.82, 2.24) is 0 Å². The van der Waals surface area contributed by atoms with Crippen LogP contribution in [-0.2, 0) is 9.53 Å². The lowest BCUT2D eigenvalue weighted by atomic mass is 10.1. The quantitative estimate of drug-likeness (QED) is 0.315. The number of amides is 1. The van der Waals surface area contributed by atoms with E-state index in [0.717, 1.165) is 3.57 Å². The number of benzene rings is 1. The fraction of sp³-hybridized carbons (Fsp3) is 0.385.